The van der Waals surface area contributed by atoms with Crippen LogP contribution in [0.5, 0.6) is 0 Å². The molecule has 31 heavy (non-hydrogen) atoms. The van der Waals surface area contributed by atoms with Gasteiger partial charge in [0.2, 0.25) is 0 Å². The Morgan fingerprint density at radius 3 is 2.35 bits per heavy atom. The second-order valence-electron chi connectivity index (χ2n) is 8.07. The minimum atomic E-state index is -1.45. The Morgan fingerprint density at radius 2 is 1.77 bits per heavy atom. The van der Waals surface area contributed by atoms with Crippen LogP contribution in [0, 0.1) is 5.92 Å². The topological polar surface area (TPSA) is 83.8 Å². The van der Waals surface area contributed by atoms with Crippen molar-refractivity contribution in [1.29, 1.82) is 0 Å². The molecule has 0 bridgehead atoms. The summed E-state index contributed by atoms with van der Waals surface area (Å²) in [6.45, 7) is 6.02. The summed E-state index contributed by atoms with van der Waals surface area (Å²) in [7, 11) is 0. The van der Waals surface area contributed by atoms with Crippen LogP contribution in [0.2, 0.25) is 0 Å². The third-order valence-corrected chi connectivity index (χ3v) is 6.80. The molecule has 6 heteroatoms. The monoisotopic (exact) mass is 440 g/mol. The number of hydrogen-bond donors (Lipinski definition) is 2. The Morgan fingerprint density at radius 1 is 1.13 bits per heavy atom. The number of esters is 1. The number of aliphatic carboxylic acids is 1. The van der Waals surface area contributed by atoms with Gasteiger partial charge in [0.1, 0.15) is 16.6 Å². The molecule has 0 aromatic heterocycles. The van der Waals surface area contributed by atoms with Gasteiger partial charge in [0, 0.05) is 4.90 Å². The van der Waals surface area contributed by atoms with Gasteiger partial charge in [-0.05, 0) is 29.5 Å². The minimum absolute atomic E-state index is 0.0775. The van der Waals surface area contributed by atoms with Crippen LogP contribution in [-0.4, -0.2) is 22.2 Å². The number of aliphatic hydroxyl groups is 1. The number of carbonyl (C=O) groups excluding carboxylic acids is 1. The fraction of sp³-hybridized carbons (Fsp3) is 0.360. The van der Waals surface area contributed by atoms with Gasteiger partial charge in [-0.25, -0.2) is 4.79 Å². The fourth-order valence-electron chi connectivity index (χ4n) is 4.08. The summed E-state index contributed by atoms with van der Waals surface area (Å²) >= 11 is 1.17. The Balaban J connectivity index is 2.06. The van der Waals surface area contributed by atoms with Crippen LogP contribution in [0.4, 0.5) is 0 Å². The third kappa shape index (κ3) is 4.64. The molecule has 1 aliphatic heterocycles. The Bertz CT molecular complexity index is 982. The number of rotatable bonds is 8. The molecule has 0 radical (unpaired) electrons. The molecule has 2 unspecified atom stereocenters. The highest BCUT2D eigenvalue weighted by Gasteiger charge is 2.52. The molecule has 3 rings (SSSR count). The van der Waals surface area contributed by atoms with Gasteiger partial charge in [-0.3, -0.25) is 4.79 Å². The number of cyclic esters (lactones) is 1. The van der Waals surface area contributed by atoms with Crippen molar-refractivity contribution in [3.05, 3.63) is 76.4 Å². The lowest BCUT2D eigenvalue weighted by molar-refractivity contribution is -0.176. The van der Waals surface area contributed by atoms with E-state index in [9.17, 15) is 19.8 Å². The Labute approximate surface area is 187 Å². The van der Waals surface area contributed by atoms with Crippen LogP contribution < -0.4 is 0 Å². The molecule has 0 saturated carbocycles. The first kappa shape index (κ1) is 22.9. The van der Waals surface area contributed by atoms with Crippen molar-refractivity contribution in [2.45, 2.75) is 56.4 Å². The standard InChI is InChI=1S/C25H28O5S/c1-4-10-19(23(27)28)25(17-11-6-5-7-12-17)15-20(26)22(24(29)30-25)31-21-14-9-8-13-18(21)16(2)3/h5-9,11-14,16,19,26H,4,10,15H2,1-3H3,(H,27,28). The maximum Gasteiger partial charge on any atom is 0.349 e. The van der Waals surface area contributed by atoms with Crippen LogP contribution in [-0.2, 0) is 19.9 Å². The molecule has 0 amide bonds. The van der Waals surface area contributed by atoms with E-state index in [1.807, 2.05) is 37.3 Å². The zero-order chi connectivity index (χ0) is 22.6. The van der Waals surface area contributed by atoms with Crippen LogP contribution >= 0.6 is 11.8 Å². The number of carbonyl (C=O) groups is 2. The molecule has 2 N–H and O–H groups in total. The predicted molar refractivity (Wildman–Crippen MR) is 121 cm³/mol. The molecule has 2 aromatic rings. The van der Waals surface area contributed by atoms with Gasteiger partial charge in [-0.2, -0.15) is 0 Å². The maximum atomic E-state index is 13.2. The van der Waals surface area contributed by atoms with E-state index in [1.54, 1.807) is 24.3 Å². The molecule has 164 valence electrons. The number of carboxylic acids is 1. The summed E-state index contributed by atoms with van der Waals surface area (Å²) in [6, 6.07) is 16.6. The molecule has 0 fully saturated rings. The maximum absolute atomic E-state index is 13.2. The van der Waals surface area contributed by atoms with E-state index >= 15 is 0 Å². The second kappa shape index (κ2) is 9.60. The van der Waals surface area contributed by atoms with Crippen molar-refractivity contribution in [2.75, 3.05) is 0 Å². The summed E-state index contributed by atoms with van der Waals surface area (Å²) in [5.74, 6) is -2.60. The molecule has 5 nitrogen and oxygen atoms in total. The number of aliphatic hydroxyl groups excluding tert-OH is 1. The summed E-state index contributed by atoms with van der Waals surface area (Å²) < 4.78 is 5.93. The van der Waals surface area contributed by atoms with Crippen molar-refractivity contribution in [3.63, 3.8) is 0 Å². The van der Waals surface area contributed by atoms with Crippen LogP contribution in [0.3, 0.4) is 0 Å². The van der Waals surface area contributed by atoms with Gasteiger partial charge in [0.15, 0.2) is 5.60 Å². The molecular formula is C25H28O5S. The first-order chi connectivity index (χ1) is 14.8. The molecule has 0 spiro atoms. The summed E-state index contributed by atoms with van der Waals surface area (Å²) in [5, 5.41) is 21.0. The van der Waals surface area contributed by atoms with Crippen molar-refractivity contribution in [3.8, 4) is 0 Å². The van der Waals surface area contributed by atoms with Crippen molar-refractivity contribution in [2.24, 2.45) is 5.92 Å². The van der Waals surface area contributed by atoms with Gasteiger partial charge in [-0.15, -0.1) is 0 Å². The smallest absolute Gasteiger partial charge is 0.349 e. The van der Waals surface area contributed by atoms with Crippen LogP contribution in [0.15, 0.2) is 70.2 Å². The van der Waals surface area contributed by atoms with E-state index < -0.39 is 23.5 Å². The van der Waals surface area contributed by atoms with Crippen molar-refractivity contribution in [1.82, 2.24) is 0 Å². The molecule has 1 aliphatic rings. The van der Waals surface area contributed by atoms with Crippen LogP contribution in [0.25, 0.3) is 0 Å². The van der Waals surface area contributed by atoms with Gasteiger partial charge < -0.3 is 14.9 Å². The minimum Gasteiger partial charge on any atom is -0.511 e. The number of carboxylic acid groups (broad SMARTS) is 1. The molecule has 1 heterocycles. The fourth-order valence-corrected chi connectivity index (χ4v) is 5.18. The lowest BCUT2D eigenvalue weighted by atomic mass is 9.75. The van der Waals surface area contributed by atoms with Gasteiger partial charge in [-0.1, -0.05) is 87.5 Å². The average molecular weight is 441 g/mol. The lowest BCUT2D eigenvalue weighted by Gasteiger charge is -2.41. The highest BCUT2D eigenvalue weighted by Crippen LogP contribution is 2.48. The van der Waals surface area contributed by atoms with Gasteiger partial charge >= 0.3 is 11.9 Å². The Hall–Kier alpha value is -2.73. The van der Waals surface area contributed by atoms with E-state index in [1.165, 1.54) is 11.8 Å². The molecule has 0 aliphatic carbocycles. The summed E-state index contributed by atoms with van der Waals surface area (Å²) in [6.07, 6.45) is 0.853. The van der Waals surface area contributed by atoms with E-state index in [-0.39, 0.29) is 23.0 Å². The lowest BCUT2D eigenvalue weighted by Crippen LogP contribution is -2.46. The molecular weight excluding hydrogens is 412 g/mol. The highest BCUT2D eigenvalue weighted by molar-refractivity contribution is 8.04. The first-order valence-corrected chi connectivity index (χ1v) is 11.3. The molecule has 2 aromatic carbocycles. The average Bonchev–Trinajstić information content (AvgIpc) is 2.75. The molecule has 0 saturated heterocycles. The van der Waals surface area contributed by atoms with E-state index in [0.29, 0.717) is 18.4 Å². The van der Waals surface area contributed by atoms with Crippen molar-refractivity contribution >= 4 is 23.7 Å². The number of ether oxygens (including phenoxy) is 1. The normalized spacial score (nSPS) is 19.9. The number of benzene rings is 2. The number of thioether (sulfide) groups is 1. The zero-order valence-corrected chi connectivity index (χ0v) is 18.8. The summed E-state index contributed by atoms with van der Waals surface area (Å²) in [5.41, 5.74) is 0.184. The van der Waals surface area contributed by atoms with Crippen LogP contribution in [0.1, 0.15) is 57.1 Å². The zero-order valence-electron chi connectivity index (χ0n) is 18.0. The summed E-state index contributed by atoms with van der Waals surface area (Å²) in [4.78, 5) is 26.3. The van der Waals surface area contributed by atoms with E-state index in [2.05, 4.69) is 13.8 Å². The predicted octanol–water partition coefficient (Wildman–Crippen LogP) is 6.02. The van der Waals surface area contributed by atoms with Gasteiger partial charge in [0.05, 0.1) is 6.42 Å². The van der Waals surface area contributed by atoms with E-state index in [0.717, 1.165) is 10.5 Å². The van der Waals surface area contributed by atoms with E-state index in [4.69, 9.17) is 4.74 Å². The highest BCUT2D eigenvalue weighted by atomic mass is 32.2. The molecule has 2 atom stereocenters. The third-order valence-electron chi connectivity index (χ3n) is 5.61. The van der Waals surface area contributed by atoms with Gasteiger partial charge in [0.25, 0.3) is 0 Å². The largest absolute Gasteiger partial charge is 0.511 e. The van der Waals surface area contributed by atoms with Crippen molar-refractivity contribution < 1.29 is 24.5 Å². The first-order valence-electron chi connectivity index (χ1n) is 10.5. The SMILES string of the molecule is CCCC(C(=O)O)C1(c2ccccc2)CC(O)=C(Sc2ccccc2C(C)C)C(=O)O1. The number of hydrogen-bond acceptors (Lipinski definition) is 5. The Kier molecular flexibility index (Phi) is 7.11. The second-order valence-corrected chi connectivity index (χ2v) is 9.12. The quantitative estimate of drug-likeness (QED) is 0.489.